The third-order valence-corrected chi connectivity index (χ3v) is 15.4. The number of hydrogen-bond acceptors (Lipinski definition) is 7. The zero-order valence-electron chi connectivity index (χ0n) is 31.4. The maximum absolute atomic E-state index is 14.7. The van der Waals surface area contributed by atoms with Crippen LogP contribution in [0.3, 0.4) is 0 Å². The van der Waals surface area contributed by atoms with Crippen molar-refractivity contribution in [2.75, 3.05) is 12.3 Å². The molecule has 0 spiro atoms. The monoisotopic (exact) mass is 847 g/mol. The summed E-state index contributed by atoms with van der Waals surface area (Å²) < 4.78 is 24.8. The first-order chi connectivity index (χ1) is 23.9. The van der Waals surface area contributed by atoms with E-state index < -0.39 is 71.2 Å². The van der Waals surface area contributed by atoms with Gasteiger partial charge in [-0.2, -0.15) is 0 Å². The molecule has 4 fully saturated rings. The molecule has 0 aromatic rings. The highest BCUT2D eigenvalue weighted by atomic mass is 127. The summed E-state index contributed by atoms with van der Waals surface area (Å²) in [6.45, 7) is 9.17. The standard InChI is InChI=1S/C37H62IN5O7S/c1-6-23-43(30(38)32(46)40-27(18-15-25-13-14-25)28(44)31(45)39-26-16-17-26)33(47)29(36(5)19-9-7-10-20-36)41-34(48)42-37(21-11-8-12-22-37)24-51(49,50)35(2,3)4/h25-27,29-30H,6-24H2,1-5H3,(H,39,45)(H,40,46)(H2,41,42,48)/t27-,29+,30+/m0/s1. The van der Waals surface area contributed by atoms with Gasteiger partial charge in [-0.3, -0.25) is 19.2 Å². The highest BCUT2D eigenvalue weighted by Crippen LogP contribution is 2.40. The van der Waals surface area contributed by atoms with Gasteiger partial charge >= 0.3 is 6.03 Å². The van der Waals surface area contributed by atoms with E-state index in [-0.39, 0.29) is 18.3 Å². The predicted octanol–water partition coefficient (Wildman–Crippen LogP) is 5.06. The van der Waals surface area contributed by atoms with E-state index in [0.29, 0.717) is 44.4 Å². The summed E-state index contributed by atoms with van der Waals surface area (Å²) in [6.07, 6.45) is 13.3. The minimum Gasteiger partial charge on any atom is -0.347 e. The van der Waals surface area contributed by atoms with Crippen molar-refractivity contribution in [1.29, 1.82) is 0 Å². The minimum atomic E-state index is -3.56. The molecule has 3 atom stereocenters. The fourth-order valence-corrected chi connectivity index (χ4v) is 9.80. The largest absolute Gasteiger partial charge is 0.347 e. The normalized spacial score (nSPS) is 22.1. The molecule has 4 aliphatic rings. The number of carbonyl (C=O) groups is 5. The second-order valence-corrected chi connectivity index (χ2v) is 20.9. The fourth-order valence-electron chi connectivity index (χ4n) is 7.55. The van der Waals surface area contributed by atoms with Crippen LogP contribution in [0.4, 0.5) is 4.79 Å². The summed E-state index contributed by atoms with van der Waals surface area (Å²) in [5.74, 6) is -1.95. The van der Waals surface area contributed by atoms with Gasteiger partial charge in [0.25, 0.3) is 11.8 Å². The number of nitrogens with one attached hydrogen (secondary N) is 4. The Morgan fingerprint density at radius 2 is 1.47 bits per heavy atom. The lowest BCUT2D eigenvalue weighted by molar-refractivity contribution is -0.143. The number of sulfone groups is 1. The van der Waals surface area contributed by atoms with Crippen LogP contribution in [0.25, 0.3) is 0 Å². The molecule has 5 amide bonds. The molecule has 12 nitrogen and oxygen atoms in total. The molecule has 290 valence electrons. The average Bonchev–Trinajstić information content (AvgIpc) is 4.00. The Balaban J connectivity index is 1.55. The SMILES string of the molecule is CCCN(C(=O)[C@@H](NC(=O)NC1(CS(=O)(=O)C(C)(C)C)CCCCC1)C1(C)CCCCC1)[C@@H](I)C(=O)N[C@@H](CCC1CC1)C(=O)C(=O)NC1CC1. The van der Waals surface area contributed by atoms with Crippen molar-refractivity contribution in [3.8, 4) is 0 Å². The highest BCUT2D eigenvalue weighted by molar-refractivity contribution is 14.1. The molecule has 4 saturated carbocycles. The summed E-state index contributed by atoms with van der Waals surface area (Å²) >= 11 is 1.92. The van der Waals surface area contributed by atoms with E-state index in [1.165, 1.54) is 4.90 Å². The quantitative estimate of drug-likeness (QED) is 0.0686. The van der Waals surface area contributed by atoms with Gasteiger partial charge in [0, 0.05) is 12.6 Å². The van der Waals surface area contributed by atoms with Crippen LogP contribution >= 0.6 is 22.6 Å². The molecule has 0 aromatic heterocycles. The van der Waals surface area contributed by atoms with Crippen molar-refractivity contribution in [2.45, 2.75) is 176 Å². The van der Waals surface area contributed by atoms with E-state index in [1.54, 1.807) is 20.8 Å². The molecule has 14 heteroatoms. The van der Waals surface area contributed by atoms with Crippen molar-refractivity contribution in [2.24, 2.45) is 11.3 Å². The Bertz CT molecular complexity index is 1380. The van der Waals surface area contributed by atoms with Gasteiger partial charge in [-0.15, -0.1) is 0 Å². The highest BCUT2D eigenvalue weighted by Gasteiger charge is 2.47. The van der Waals surface area contributed by atoms with Crippen LogP contribution in [0.5, 0.6) is 0 Å². The van der Waals surface area contributed by atoms with Crippen LogP contribution in [0.1, 0.15) is 144 Å². The van der Waals surface area contributed by atoms with Gasteiger partial charge in [0.05, 0.1) is 22.1 Å². The average molecular weight is 848 g/mol. The molecule has 4 rings (SSSR count). The molecule has 0 aromatic carbocycles. The number of ketones is 1. The summed E-state index contributed by atoms with van der Waals surface area (Å²) in [6, 6.07) is -2.52. The first kappa shape index (κ1) is 41.8. The second kappa shape index (κ2) is 17.4. The lowest BCUT2D eigenvalue weighted by atomic mass is 9.70. The molecule has 4 N–H and O–H groups in total. The first-order valence-electron chi connectivity index (χ1n) is 19.3. The summed E-state index contributed by atoms with van der Waals surface area (Å²) in [4.78, 5) is 70.0. The van der Waals surface area contributed by atoms with Gasteiger partial charge in [-0.1, -0.05) is 65.2 Å². The van der Waals surface area contributed by atoms with Gasteiger partial charge in [-0.25, -0.2) is 13.2 Å². The molecule has 0 aliphatic heterocycles. The van der Waals surface area contributed by atoms with Crippen LogP contribution in [-0.2, 0) is 29.0 Å². The van der Waals surface area contributed by atoms with Crippen molar-refractivity contribution >= 4 is 62.0 Å². The van der Waals surface area contributed by atoms with Gasteiger partial charge in [-0.05, 0) is 112 Å². The molecular weight excluding hydrogens is 785 g/mol. The van der Waals surface area contributed by atoms with Gasteiger partial charge in [0.2, 0.25) is 11.7 Å². The number of rotatable bonds is 17. The minimum absolute atomic E-state index is 0.00916. The number of urea groups is 1. The van der Waals surface area contributed by atoms with E-state index >= 15 is 0 Å². The van der Waals surface area contributed by atoms with Gasteiger partial charge in [0.1, 0.15) is 6.04 Å². The van der Waals surface area contributed by atoms with Crippen LogP contribution in [-0.4, -0.2) is 87.6 Å². The number of halogens is 1. The Kier molecular flexibility index (Phi) is 14.3. The number of hydrogen-bond donors (Lipinski definition) is 4. The molecule has 0 unspecified atom stereocenters. The van der Waals surface area contributed by atoms with E-state index in [0.717, 1.165) is 70.6 Å². The number of carbonyl (C=O) groups excluding carboxylic acids is 5. The van der Waals surface area contributed by atoms with Gasteiger partial charge in [0.15, 0.2) is 13.9 Å². The fraction of sp³-hybridized carbons (Fsp3) is 0.865. The zero-order valence-corrected chi connectivity index (χ0v) is 34.4. The smallest absolute Gasteiger partial charge is 0.315 e. The summed E-state index contributed by atoms with van der Waals surface area (Å²) in [5, 5.41) is 11.6. The molecule has 0 bridgehead atoms. The molecule has 0 saturated heterocycles. The maximum Gasteiger partial charge on any atom is 0.315 e. The Morgan fingerprint density at radius 1 is 0.882 bits per heavy atom. The Morgan fingerprint density at radius 3 is 2.00 bits per heavy atom. The third-order valence-electron chi connectivity index (χ3n) is 11.4. The molecule has 4 aliphatic carbocycles. The number of alkyl halides is 1. The van der Waals surface area contributed by atoms with E-state index in [9.17, 15) is 32.4 Å². The summed E-state index contributed by atoms with van der Waals surface area (Å²) in [7, 11) is -3.56. The van der Waals surface area contributed by atoms with E-state index in [1.807, 2.05) is 36.4 Å². The lowest BCUT2D eigenvalue weighted by Gasteiger charge is -2.44. The zero-order chi connectivity index (χ0) is 37.6. The molecule has 51 heavy (non-hydrogen) atoms. The Labute approximate surface area is 319 Å². The summed E-state index contributed by atoms with van der Waals surface area (Å²) in [5.41, 5.74) is -1.54. The molecule has 0 heterocycles. The number of amides is 5. The maximum atomic E-state index is 14.7. The lowest BCUT2D eigenvalue weighted by Crippen LogP contribution is -2.64. The topological polar surface area (TPSA) is 171 Å². The van der Waals surface area contributed by atoms with Crippen LogP contribution in [0, 0.1) is 11.3 Å². The predicted molar refractivity (Wildman–Crippen MR) is 206 cm³/mol. The van der Waals surface area contributed by atoms with Crippen molar-refractivity contribution < 1.29 is 32.4 Å². The third kappa shape index (κ3) is 11.5. The van der Waals surface area contributed by atoms with Crippen LogP contribution in [0.15, 0.2) is 0 Å². The van der Waals surface area contributed by atoms with E-state index in [4.69, 9.17) is 0 Å². The first-order valence-corrected chi connectivity index (χ1v) is 22.2. The van der Waals surface area contributed by atoms with Gasteiger partial charge < -0.3 is 26.2 Å². The Hall–Kier alpha value is -1.97. The molecular formula is C37H62IN5O7S. The van der Waals surface area contributed by atoms with Crippen LogP contribution < -0.4 is 21.3 Å². The number of nitrogens with zero attached hydrogens (tertiary/aromatic N) is 1. The van der Waals surface area contributed by atoms with E-state index in [2.05, 4.69) is 21.3 Å². The van der Waals surface area contributed by atoms with Crippen LogP contribution in [0.2, 0.25) is 0 Å². The molecule has 0 radical (unpaired) electrons. The van der Waals surface area contributed by atoms with Crippen molar-refractivity contribution in [3.05, 3.63) is 0 Å². The van der Waals surface area contributed by atoms with Crippen molar-refractivity contribution in [3.63, 3.8) is 0 Å². The number of Topliss-reactive ketones (excluding diaryl/α,β-unsaturated/α-hetero) is 1. The van der Waals surface area contributed by atoms with Crippen molar-refractivity contribution in [1.82, 2.24) is 26.2 Å². The second-order valence-electron chi connectivity index (χ2n) is 17.0.